The van der Waals surface area contributed by atoms with Crippen LogP contribution >= 0.6 is 0 Å². The Hall–Kier alpha value is -0.415. The Bertz CT molecular complexity index is 124. The molecule has 68 valence electrons. The van der Waals surface area contributed by atoms with Gasteiger partial charge in [-0.2, -0.15) is 0 Å². The van der Waals surface area contributed by atoms with Gasteiger partial charge in [0.15, 0.2) is 0 Å². The van der Waals surface area contributed by atoms with Crippen LogP contribution in [0.25, 0.3) is 0 Å². The highest BCUT2D eigenvalue weighted by molar-refractivity contribution is 6.51. The first-order valence-electron chi connectivity index (χ1n) is 4.90. The van der Waals surface area contributed by atoms with Gasteiger partial charge in [0.2, 0.25) is 0 Å². The van der Waals surface area contributed by atoms with E-state index in [2.05, 4.69) is 19.8 Å². The van der Waals surface area contributed by atoms with Gasteiger partial charge in [-0.05, 0) is 12.8 Å². The van der Waals surface area contributed by atoms with Crippen molar-refractivity contribution >= 4 is 6.92 Å². The van der Waals surface area contributed by atoms with Crippen molar-refractivity contribution in [2.24, 2.45) is 0 Å². The molecule has 1 nitrogen and oxygen atoms in total. The molecular weight excluding hydrogens is 147 g/mol. The second-order valence-electron chi connectivity index (χ2n) is 2.97. The van der Waals surface area contributed by atoms with E-state index in [1.54, 1.807) is 0 Å². The van der Waals surface area contributed by atoms with E-state index < -0.39 is 0 Å². The summed E-state index contributed by atoms with van der Waals surface area (Å²) >= 11 is 0. The summed E-state index contributed by atoms with van der Waals surface area (Å²) in [5.41, 5.74) is 0. The highest BCUT2D eigenvalue weighted by Crippen LogP contribution is 2.02. The van der Waals surface area contributed by atoms with Gasteiger partial charge in [0, 0.05) is 13.0 Å². The van der Waals surface area contributed by atoms with E-state index in [0.717, 1.165) is 38.5 Å². The highest BCUT2D eigenvalue weighted by atomic mass is 16.4. The molecule has 0 atom stereocenters. The third-order valence-corrected chi connectivity index (χ3v) is 1.98. The lowest BCUT2D eigenvalue weighted by atomic mass is 9.62. The maximum Gasteiger partial charge on any atom is 0.292 e. The number of hydrogen-bond acceptors (Lipinski definition) is 1. The first-order valence-corrected chi connectivity index (χ1v) is 4.90. The van der Waals surface area contributed by atoms with Crippen molar-refractivity contribution in [3.05, 3.63) is 0 Å². The average molecular weight is 166 g/mol. The lowest BCUT2D eigenvalue weighted by molar-refractivity contribution is 0.309. The Morgan fingerprint density at radius 1 is 1.25 bits per heavy atom. The summed E-state index contributed by atoms with van der Waals surface area (Å²) in [6.45, 7) is 5.65. The van der Waals surface area contributed by atoms with Gasteiger partial charge < -0.3 is 4.65 Å². The molecule has 0 aromatic heterocycles. The van der Waals surface area contributed by atoms with Crippen molar-refractivity contribution in [2.45, 2.75) is 45.8 Å². The highest BCUT2D eigenvalue weighted by Gasteiger charge is 2.08. The Kier molecular flexibility index (Phi) is 8.38. The Morgan fingerprint density at radius 2 is 1.92 bits per heavy atom. The zero-order valence-electron chi connectivity index (χ0n) is 8.31. The van der Waals surface area contributed by atoms with Crippen molar-refractivity contribution in [1.29, 1.82) is 0 Å². The van der Waals surface area contributed by atoms with Gasteiger partial charge in [-0.3, -0.25) is 0 Å². The van der Waals surface area contributed by atoms with Crippen LogP contribution in [-0.4, -0.2) is 13.5 Å². The molecule has 0 heterocycles. The SMILES string of the molecule is C#CCCCCOB(CC)CC. The molecule has 0 aromatic carbocycles. The predicted octanol–water partition coefficient (Wildman–Crippen LogP) is 2.84. The maximum absolute atomic E-state index is 5.62. The lowest BCUT2D eigenvalue weighted by Crippen LogP contribution is -2.15. The van der Waals surface area contributed by atoms with Gasteiger partial charge in [-0.15, -0.1) is 12.3 Å². The quantitative estimate of drug-likeness (QED) is 0.321. The van der Waals surface area contributed by atoms with Crippen LogP contribution in [0.3, 0.4) is 0 Å². The minimum atomic E-state index is 0.454. The molecule has 0 rings (SSSR count). The Balaban J connectivity index is 3.13. The predicted molar refractivity (Wildman–Crippen MR) is 55.4 cm³/mol. The summed E-state index contributed by atoms with van der Waals surface area (Å²) in [7, 11) is 0. The van der Waals surface area contributed by atoms with E-state index in [1.807, 2.05) is 0 Å². The van der Waals surface area contributed by atoms with E-state index in [-0.39, 0.29) is 0 Å². The van der Waals surface area contributed by atoms with Crippen LogP contribution in [0.2, 0.25) is 12.6 Å². The first kappa shape index (κ1) is 11.6. The fraction of sp³-hybridized carbons (Fsp3) is 0.800. The monoisotopic (exact) mass is 166 g/mol. The summed E-state index contributed by atoms with van der Waals surface area (Å²) in [6.07, 6.45) is 10.4. The molecule has 0 aliphatic carbocycles. The molecule has 0 radical (unpaired) electrons. The number of unbranched alkanes of at least 4 members (excludes halogenated alkanes) is 2. The summed E-state index contributed by atoms with van der Waals surface area (Å²) in [5, 5.41) is 0. The molecule has 0 amide bonds. The first-order chi connectivity index (χ1) is 5.85. The number of terminal acetylenes is 1. The molecule has 0 saturated heterocycles. The number of rotatable bonds is 7. The fourth-order valence-corrected chi connectivity index (χ4v) is 1.10. The van der Waals surface area contributed by atoms with Crippen LogP contribution in [0.15, 0.2) is 0 Å². The molecule has 0 bridgehead atoms. The van der Waals surface area contributed by atoms with Crippen LogP contribution in [0, 0.1) is 12.3 Å². The second kappa shape index (κ2) is 8.68. The molecule has 2 heteroatoms. The van der Waals surface area contributed by atoms with E-state index in [0.29, 0.717) is 6.92 Å². The molecule has 12 heavy (non-hydrogen) atoms. The molecule has 0 aliphatic rings. The smallest absolute Gasteiger partial charge is 0.292 e. The summed E-state index contributed by atoms with van der Waals surface area (Å²) < 4.78 is 5.62. The normalized spacial score (nSPS) is 9.42. The maximum atomic E-state index is 5.62. The average Bonchev–Trinajstić information content (AvgIpc) is 2.11. The summed E-state index contributed by atoms with van der Waals surface area (Å²) in [4.78, 5) is 0. The van der Waals surface area contributed by atoms with E-state index >= 15 is 0 Å². The van der Waals surface area contributed by atoms with Gasteiger partial charge in [0.05, 0.1) is 0 Å². The van der Waals surface area contributed by atoms with Gasteiger partial charge in [-0.1, -0.05) is 26.5 Å². The summed E-state index contributed by atoms with van der Waals surface area (Å²) in [5.74, 6) is 2.63. The van der Waals surface area contributed by atoms with Crippen LogP contribution < -0.4 is 0 Å². The molecule has 0 saturated carbocycles. The lowest BCUT2D eigenvalue weighted by Gasteiger charge is -2.09. The van der Waals surface area contributed by atoms with E-state index in [9.17, 15) is 0 Å². The van der Waals surface area contributed by atoms with Crippen molar-refractivity contribution in [2.75, 3.05) is 6.61 Å². The van der Waals surface area contributed by atoms with E-state index in [4.69, 9.17) is 11.1 Å². The molecule has 0 spiro atoms. The van der Waals surface area contributed by atoms with Crippen LogP contribution in [0.4, 0.5) is 0 Å². The zero-order chi connectivity index (χ0) is 9.23. The molecule has 0 N–H and O–H groups in total. The molecular formula is C10H19BO. The van der Waals surface area contributed by atoms with Crippen molar-refractivity contribution in [3.8, 4) is 12.3 Å². The zero-order valence-corrected chi connectivity index (χ0v) is 8.31. The van der Waals surface area contributed by atoms with Gasteiger partial charge in [0.25, 0.3) is 6.92 Å². The van der Waals surface area contributed by atoms with Crippen LogP contribution in [0.1, 0.15) is 33.1 Å². The Labute approximate surface area is 77.0 Å². The molecule has 0 aliphatic heterocycles. The standard InChI is InChI=1S/C10H19BO/c1-4-7-8-9-10-12-11(5-2)6-3/h1H,5-10H2,2-3H3. The van der Waals surface area contributed by atoms with Crippen molar-refractivity contribution < 1.29 is 4.65 Å². The topological polar surface area (TPSA) is 9.23 Å². The summed E-state index contributed by atoms with van der Waals surface area (Å²) in [6, 6.07) is 0. The number of hydrogen-bond donors (Lipinski definition) is 0. The third kappa shape index (κ3) is 6.31. The molecule has 0 aromatic rings. The third-order valence-electron chi connectivity index (χ3n) is 1.98. The minimum absolute atomic E-state index is 0.454. The van der Waals surface area contributed by atoms with Gasteiger partial charge in [-0.25, -0.2) is 0 Å². The fourth-order valence-electron chi connectivity index (χ4n) is 1.10. The Morgan fingerprint density at radius 3 is 2.42 bits per heavy atom. The van der Waals surface area contributed by atoms with Crippen LogP contribution in [0.5, 0.6) is 0 Å². The van der Waals surface area contributed by atoms with Gasteiger partial charge >= 0.3 is 0 Å². The molecule has 0 fully saturated rings. The van der Waals surface area contributed by atoms with Crippen LogP contribution in [-0.2, 0) is 4.65 Å². The van der Waals surface area contributed by atoms with Gasteiger partial charge in [0.1, 0.15) is 0 Å². The van der Waals surface area contributed by atoms with Crippen molar-refractivity contribution in [3.63, 3.8) is 0 Å². The van der Waals surface area contributed by atoms with E-state index in [1.165, 1.54) is 0 Å². The van der Waals surface area contributed by atoms with Crippen molar-refractivity contribution in [1.82, 2.24) is 0 Å². The minimum Gasteiger partial charge on any atom is -0.436 e. The largest absolute Gasteiger partial charge is 0.436 e. The second-order valence-corrected chi connectivity index (χ2v) is 2.97. The molecule has 0 unspecified atom stereocenters.